The standard InChI is InChI=1S/C19H25FN4O/c1-4-21-19(24-13-15-7-9-22-18(12-15)25-3)23-10-8-16-5-6-17(20)11-14(16)2/h5-7,9,11-12H,4,8,10,13H2,1-3H3,(H2,21,23,24). The third-order valence-corrected chi connectivity index (χ3v) is 3.76. The Hall–Kier alpha value is -2.63. The Labute approximate surface area is 148 Å². The van der Waals surface area contributed by atoms with Crippen molar-refractivity contribution in [3.05, 3.63) is 59.0 Å². The summed E-state index contributed by atoms with van der Waals surface area (Å²) in [4.78, 5) is 8.67. The van der Waals surface area contributed by atoms with Gasteiger partial charge in [0.2, 0.25) is 5.88 Å². The van der Waals surface area contributed by atoms with Crippen LogP contribution in [0.1, 0.15) is 23.6 Å². The van der Waals surface area contributed by atoms with Crippen LogP contribution in [0.25, 0.3) is 0 Å². The van der Waals surface area contributed by atoms with Crippen LogP contribution < -0.4 is 15.4 Å². The summed E-state index contributed by atoms with van der Waals surface area (Å²) in [7, 11) is 1.60. The van der Waals surface area contributed by atoms with Crippen LogP contribution in [0, 0.1) is 12.7 Å². The molecule has 1 aromatic heterocycles. The van der Waals surface area contributed by atoms with Crippen molar-refractivity contribution in [3.63, 3.8) is 0 Å². The number of nitrogens with one attached hydrogen (secondary N) is 2. The van der Waals surface area contributed by atoms with Gasteiger partial charge in [-0.15, -0.1) is 0 Å². The number of hydrogen-bond acceptors (Lipinski definition) is 3. The molecule has 0 unspecified atom stereocenters. The smallest absolute Gasteiger partial charge is 0.213 e. The van der Waals surface area contributed by atoms with Crippen LogP contribution in [-0.2, 0) is 13.0 Å². The van der Waals surface area contributed by atoms with E-state index in [1.807, 2.05) is 32.0 Å². The van der Waals surface area contributed by atoms with Gasteiger partial charge in [0.25, 0.3) is 0 Å². The van der Waals surface area contributed by atoms with Gasteiger partial charge in [-0.2, -0.15) is 0 Å². The molecular formula is C19H25FN4O. The lowest BCUT2D eigenvalue weighted by Gasteiger charge is -2.12. The van der Waals surface area contributed by atoms with E-state index in [-0.39, 0.29) is 5.82 Å². The summed E-state index contributed by atoms with van der Waals surface area (Å²) in [5, 5.41) is 6.53. The van der Waals surface area contributed by atoms with Crippen molar-refractivity contribution in [2.75, 3.05) is 20.2 Å². The molecule has 0 aliphatic carbocycles. The molecule has 1 heterocycles. The third-order valence-electron chi connectivity index (χ3n) is 3.76. The summed E-state index contributed by atoms with van der Waals surface area (Å²) >= 11 is 0. The highest BCUT2D eigenvalue weighted by Gasteiger charge is 2.02. The maximum absolute atomic E-state index is 13.2. The number of ether oxygens (including phenoxy) is 1. The molecule has 25 heavy (non-hydrogen) atoms. The summed E-state index contributed by atoms with van der Waals surface area (Å²) in [6.45, 7) is 5.98. The normalized spacial score (nSPS) is 11.3. The van der Waals surface area contributed by atoms with Gasteiger partial charge >= 0.3 is 0 Å². The molecule has 6 heteroatoms. The molecule has 0 atom stereocenters. The number of nitrogens with zero attached hydrogens (tertiary/aromatic N) is 2. The summed E-state index contributed by atoms with van der Waals surface area (Å²) < 4.78 is 18.3. The van der Waals surface area contributed by atoms with Crippen LogP contribution in [0.15, 0.2) is 41.5 Å². The van der Waals surface area contributed by atoms with E-state index in [1.165, 1.54) is 6.07 Å². The predicted octanol–water partition coefficient (Wildman–Crippen LogP) is 2.84. The van der Waals surface area contributed by atoms with Crippen molar-refractivity contribution in [3.8, 4) is 5.88 Å². The lowest BCUT2D eigenvalue weighted by Crippen LogP contribution is -2.38. The molecule has 0 saturated heterocycles. The zero-order valence-corrected chi connectivity index (χ0v) is 15.0. The molecule has 0 radical (unpaired) electrons. The molecule has 134 valence electrons. The quantitative estimate of drug-likeness (QED) is 0.599. The number of pyridine rings is 1. The summed E-state index contributed by atoms with van der Waals surface area (Å²) in [6, 6.07) is 8.68. The van der Waals surface area contributed by atoms with Crippen molar-refractivity contribution in [2.45, 2.75) is 26.8 Å². The average molecular weight is 344 g/mol. The number of benzene rings is 1. The lowest BCUT2D eigenvalue weighted by molar-refractivity contribution is 0.397. The minimum Gasteiger partial charge on any atom is -0.481 e. The fraction of sp³-hybridized carbons (Fsp3) is 0.368. The molecule has 0 saturated carbocycles. The molecule has 0 spiro atoms. The first-order valence-electron chi connectivity index (χ1n) is 8.38. The number of rotatable bonds is 7. The highest BCUT2D eigenvalue weighted by molar-refractivity contribution is 5.79. The minimum absolute atomic E-state index is 0.197. The van der Waals surface area contributed by atoms with Crippen molar-refractivity contribution >= 4 is 5.96 Å². The highest BCUT2D eigenvalue weighted by Crippen LogP contribution is 2.11. The molecule has 0 aliphatic heterocycles. The van der Waals surface area contributed by atoms with Crippen molar-refractivity contribution in [2.24, 2.45) is 4.99 Å². The Morgan fingerprint density at radius 1 is 1.24 bits per heavy atom. The third kappa shape index (κ3) is 6.06. The molecule has 0 amide bonds. The summed E-state index contributed by atoms with van der Waals surface area (Å²) in [6.07, 6.45) is 2.51. The van der Waals surface area contributed by atoms with Gasteiger partial charge in [0.1, 0.15) is 5.82 Å². The molecule has 0 aliphatic rings. The molecule has 0 fully saturated rings. The molecular weight excluding hydrogens is 319 g/mol. The Balaban J connectivity index is 1.92. The molecule has 0 bridgehead atoms. The van der Waals surface area contributed by atoms with E-state index in [0.29, 0.717) is 12.4 Å². The number of guanidine groups is 1. The number of aliphatic imine (C=N–C) groups is 1. The molecule has 2 rings (SSSR count). The first-order valence-corrected chi connectivity index (χ1v) is 8.38. The van der Waals surface area contributed by atoms with E-state index in [2.05, 4.69) is 20.6 Å². The zero-order chi connectivity index (χ0) is 18.1. The van der Waals surface area contributed by atoms with Crippen molar-refractivity contribution in [1.82, 2.24) is 15.6 Å². The monoisotopic (exact) mass is 344 g/mol. The Bertz CT molecular complexity index is 718. The summed E-state index contributed by atoms with van der Waals surface area (Å²) in [5.41, 5.74) is 3.12. The second-order valence-electron chi connectivity index (χ2n) is 5.65. The Kier molecular flexibility index (Phi) is 7.19. The highest BCUT2D eigenvalue weighted by atomic mass is 19.1. The Morgan fingerprint density at radius 3 is 2.80 bits per heavy atom. The van der Waals surface area contributed by atoms with Crippen molar-refractivity contribution < 1.29 is 9.13 Å². The largest absolute Gasteiger partial charge is 0.481 e. The summed E-state index contributed by atoms with van der Waals surface area (Å²) in [5.74, 6) is 1.13. The second-order valence-corrected chi connectivity index (χ2v) is 5.65. The van der Waals surface area contributed by atoms with Crippen LogP contribution in [0.5, 0.6) is 5.88 Å². The first-order chi connectivity index (χ1) is 12.1. The topological polar surface area (TPSA) is 58.5 Å². The number of halogens is 1. The van der Waals surface area contributed by atoms with Crippen LogP contribution in [0.2, 0.25) is 0 Å². The number of aromatic nitrogens is 1. The van der Waals surface area contributed by atoms with Gasteiger partial charge in [0, 0.05) is 25.4 Å². The predicted molar refractivity (Wildman–Crippen MR) is 98.4 cm³/mol. The van der Waals surface area contributed by atoms with Gasteiger partial charge in [-0.1, -0.05) is 6.07 Å². The number of hydrogen-bond donors (Lipinski definition) is 2. The second kappa shape index (κ2) is 9.61. The minimum atomic E-state index is -0.197. The van der Waals surface area contributed by atoms with Crippen LogP contribution in [0.3, 0.4) is 0 Å². The van der Waals surface area contributed by atoms with E-state index in [0.717, 1.165) is 42.2 Å². The zero-order valence-electron chi connectivity index (χ0n) is 15.0. The average Bonchev–Trinajstić information content (AvgIpc) is 2.61. The number of methoxy groups -OCH3 is 1. The van der Waals surface area contributed by atoms with E-state index >= 15 is 0 Å². The Morgan fingerprint density at radius 2 is 2.08 bits per heavy atom. The first kappa shape index (κ1) is 18.7. The van der Waals surface area contributed by atoms with E-state index in [1.54, 1.807) is 19.4 Å². The maximum atomic E-state index is 13.2. The lowest BCUT2D eigenvalue weighted by atomic mass is 10.1. The number of aryl methyl sites for hydroxylation is 1. The van der Waals surface area contributed by atoms with Gasteiger partial charge in [0.15, 0.2) is 5.96 Å². The molecule has 5 nitrogen and oxygen atoms in total. The van der Waals surface area contributed by atoms with Gasteiger partial charge in [-0.3, -0.25) is 0 Å². The maximum Gasteiger partial charge on any atom is 0.213 e. The van der Waals surface area contributed by atoms with E-state index < -0.39 is 0 Å². The SMILES string of the molecule is CCNC(=NCc1ccnc(OC)c1)NCCc1ccc(F)cc1C. The molecule has 2 N–H and O–H groups in total. The molecule has 1 aromatic carbocycles. The van der Waals surface area contributed by atoms with E-state index in [9.17, 15) is 4.39 Å². The van der Waals surface area contributed by atoms with E-state index in [4.69, 9.17) is 4.74 Å². The van der Waals surface area contributed by atoms with Gasteiger partial charge in [-0.05, 0) is 55.2 Å². The van der Waals surface area contributed by atoms with Crippen LogP contribution in [-0.4, -0.2) is 31.1 Å². The van der Waals surface area contributed by atoms with Crippen molar-refractivity contribution in [1.29, 1.82) is 0 Å². The van der Waals surface area contributed by atoms with Crippen LogP contribution in [0.4, 0.5) is 4.39 Å². The van der Waals surface area contributed by atoms with Gasteiger partial charge in [0.05, 0.1) is 13.7 Å². The fourth-order valence-electron chi connectivity index (χ4n) is 2.43. The molecule has 2 aromatic rings. The van der Waals surface area contributed by atoms with Gasteiger partial charge in [-0.25, -0.2) is 14.4 Å². The fourth-order valence-corrected chi connectivity index (χ4v) is 2.43. The van der Waals surface area contributed by atoms with Crippen LogP contribution >= 0.6 is 0 Å². The van der Waals surface area contributed by atoms with Gasteiger partial charge < -0.3 is 15.4 Å².